The van der Waals surface area contributed by atoms with Gasteiger partial charge in [-0.2, -0.15) is 0 Å². The Morgan fingerprint density at radius 1 is 1.22 bits per heavy atom. The SMILES string of the molecule is CC(=O)N(C[C@@H]1CCCN1C(=O)[C@@H](N)C(C)C)[C@@H]1CCCc2ccccc21. The molecule has 0 unspecified atom stereocenters. The second-order valence-electron chi connectivity index (χ2n) is 8.38. The van der Waals surface area contributed by atoms with Crippen LogP contribution in [0.3, 0.4) is 0 Å². The van der Waals surface area contributed by atoms with Crippen molar-refractivity contribution in [2.75, 3.05) is 13.1 Å². The maximum absolute atomic E-state index is 12.8. The molecule has 0 aromatic heterocycles. The lowest BCUT2D eigenvalue weighted by Gasteiger charge is -2.39. The Kier molecular flexibility index (Phi) is 6.20. The van der Waals surface area contributed by atoms with Gasteiger partial charge in [-0.1, -0.05) is 38.1 Å². The number of nitrogens with zero attached hydrogens (tertiary/aromatic N) is 2. The molecule has 1 saturated heterocycles. The van der Waals surface area contributed by atoms with E-state index in [1.165, 1.54) is 11.1 Å². The molecule has 0 saturated carbocycles. The van der Waals surface area contributed by atoms with Gasteiger partial charge in [-0.05, 0) is 49.1 Å². The number of hydrogen-bond acceptors (Lipinski definition) is 3. The predicted molar refractivity (Wildman–Crippen MR) is 107 cm³/mol. The maximum Gasteiger partial charge on any atom is 0.240 e. The highest BCUT2D eigenvalue weighted by Gasteiger charge is 2.36. The van der Waals surface area contributed by atoms with Crippen LogP contribution in [0.5, 0.6) is 0 Å². The molecule has 5 nitrogen and oxygen atoms in total. The highest BCUT2D eigenvalue weighted by atomic mass is 16.2. The van der Waals surface area contributed by atoms with Gasteiger partial charge in [-0.25, -0.2) is 0 Å². The van der Waals surface area contributed by atoms with Crippen LogP contribution in [-0.4, -0.2) is 46.8 Å². The Morgan fingerprint density at radius 2 is 1.96 bits per heavy atom. The Balaban J connectivity index is 1.79. The van der Waals surface area contributed by atoms with Crippen LogP contribution in [0.4, 0.5) is 0 Å². The van der Waals surface area contributed by atoms with E-state index < -0.39 is 6.04 Å². The van der Waals surface area contributed by atoms with E-state index in [1.807, 2.05) is 23.6 Å². The van der Waals surface area contributed by atoms with Gasteiger partial charge in [-0.3, -0.25) is 9.59 Å². The molecule has 3 atom stereocenters. The first-order valence-electron chi connectivity index (χ1n) is 10.3. The summed E-state index contributed by atoms with van der Waals surface area (Å²) < 4.78 is 0. The third kappa shape index (κ3) is 4.18. The lowest BCUT2D eigenvalue weighted by atomic mass is 9.86. The second-order valence-corrected chi connectivity index (χ2v) is 8.38. The molecule has 1 aliphatic carbocycles. The summed E-state index contributed by atoms with van der Waals surface area (Å²) in [6.07, 6.45) is 5.08. The number of carbonyl (C=O) groups excluding carboxylic acids is 2. The standard InChI is InChI=1S/C22H33N3O2/c1-15(2)21(23)22(27)24-13-7-10-18(24)14-25(16(3)26)20-12-6-9-17-8-4-5-11-19(17)20/h4-5,8,11,15,18,20-21H,6-7,9-10,12-14,23H2,1-3H3/t18-,20+,21-/m0/s1. The first-order chi connectivity index (χ1) is 12.9. The van der Waals surface area contributed by atoms with E-state index in [-0.39, 0.29) is 29.8 Å². The normalized spacial score (nSPS) is 23.2. The van der Waals surface area contributed by atoms with Gasteiger partial charge in [0.2, 0.25) is 11.8 Å². The molecule has 1 aliphatic heterocycles. The number of benzene rings is 1. The van der Waals surface area contributed by atoms with Crippen LogP contribution in [0.1, 0.15) is 63.6 Å². The fourth-order valence-corrected chi connectivity index (χ4v) is 4.55. The summed E-state index contributed by atoms with van der Waals surface area (Å²) in [4.78, 5) is 29.3. The number of aryl methyl sites for hydroxylation is 1. The van der Waals surface area contributed by atoms with Gasteiger partial charge in [0.05, 0.1) is 12.1 Å². The fourth-order valence-electron chi connectivity index (χ4n) is 4.55. The van der Waals surface area contributed by atoms with Gasteiger partial charge in [0.1, 0.15) is 0 Å². The van der Waals surface area contributed by atoms with E-state index in [0.29, 0.717) is 6.54 Å². The average molecular weight is 372 g/mol. The van der Waals surface area contributed by atoms with E-state index >= 15 is 0 Å². The number of carbonyl (C=O) groups is 2. The summed E-state index contributed by atoms with van der Waals surface area (Å²) in [5, 5.41) is 0. The molecule has 2 amide bonds. The molecule has 1 heterocycles. The number of amides is 2. The molecule has 3 rings (SSSR count). The smallest absolute Gasteiger partial charge is 0.240 e. The van der Waals surface area contributed by atoms with Gasteiger partial charge in [0.15, 0.2) is 0 Å². The van der Waals surface area contributed by atoms with E-state index in [0.717, 1.165) is 38.6 Å². The predicted octanol–water partition coefficient (Wildman–Crippen LogP) is 2.89. The zero-order chi connectivity index (χ0) is 19.6. The Bertz CT molecular complexity index is 688. The summed E-state index contributed by atoms with van der Waals surface area (Å²) in [6.45, 7) is 6.96. The third-order valence-corrected chi connectivity index (χ3v) is 6.19. The highest BCUT2D eigenvalue weighted by Crippen LogP contribution is 2.35. The highest BCUT2D eigenvalue weighted by molar-refractivity contribution is 5.82. The Hall–Kier alpha value is -1.88. The van der Waals surface area contributed by atoms with Crippen LogP contribution < -0.4 is 5.73 Å². The third-order valence-electron chi connectivity index (χ3n) is 6.19. The number of hydrogen-bond donors (Lipinski definition) is 1. The first-order valence-corrected chi connectivity index (χ1v) is 10.3. The molecule has 2 N–H and O–H groups in total. The van der Waals surface area contributed by atoms with E-state index in [2.05, 4.69) is 24.3 Å². The van der Waals surface area contributed by atoms with Gasteiger partial charge >= 0.3 is 0 Å². The van der Waals surface area contributed by atoms with Gasteiger partial charge in [0.25, 0.3) is 0 Å². The minimum atomic E-state index is -0.466. The molecule has 5 heteroatoms. The molecule has 2 aliphatic rings. The summed E-state index contributed by atoms with van der Waals surface area (Å²) >= 11 is 0. The van der Waals surface area contributed by atoms with Crippen molar-refractivity contribution in [3.8, 4) is 0 Å². The van der Waals surface area contributed by atoms with Gasteiger partial charge in [-0.15, -0.1) is 0 Å². The van der Waals surface area contributed by atoms with Crippen molar-refractivity contribution in [1.29, 1.82) is 0 Å². The van der Waals surface area contributed by atoms with Crippen molar-refractivity contribution < 1.29 is 9.59 Å². The maximum atomic E-state index is 12.8. The molecule has 0 spiro atoms. The second kappa shape index (κ2) is 8.42. The van der Waals surface area contributed by atoms with Gasteiger partial charge in [0, 0.05) is 26.1 Å². The van der Waals surface area contributed by atoms with Crippen LogP contribution in [0.25, 0.3) is 0 Å². The van der Waals surface area contributed by atoms with Crippen LogP contribution in [0, 0.1) is 5.92 Å². The van der Waals surface area contributed by atoms with Crippen molar-refractivity contribution in [2.45, 2.75) is 71.0 Å². The quantitative estimate of drug-likeness (QED) is 0.865. The summed E-state index contributed by atoms with van der Waals surface area (Å²) in [5.74, 6) is 0.233. The van der Waals surface area contributed by atoms with Crippen LogP contribution >= 0.6 is 0 Å². The minimum Gasteiger partial charge on any atom is -0.337 e. The number of rotatable bonds is 5. The molecule has 1 fully saturated rings. The zero-order valence-electron chi connectivity index (χ0n) is 16.9. The molecule has 1 aromatic carbocycles. The summed E-state index contributed by atoms with van der Waals surface area (Å²) in [7, 11) is 0. The van der Waals surface area contributed by atoms with Crippen LogP contribution in [-0.2, 0) is 16.0 Å². The fraction of sp³-hybridized carbons (Fsp3) is 0.636. The van der Waals surface area contributed by atoms with Crippen molar-refractivity contribution in [1.82, 2.24) is 9.80 Å². The topological polar surface area (TPSA) is 66.6 Å². The van der Waals surface area contributed by atoms with Crippen molar-refractivity contribution >= 4 is 11.8 Å². The molecular formula is C22H33N3O2. The van der Waals surface area contributed by atoms with E-state index in [4.69, 9.17) is 5.73 Å². The molecule has 0 bridgehead atoms. The van der Waals surface area contributed by atoms with Crippen molar-refractivity contribution in [3.05, 3.63) is 35.4 Å². The molecule has 1 aromatic rings. The Morgan fingerprint density at radius 3 is 2.67 bits per heavy atom. The monoisotopic (exact) mass is 371 g/mol. The van der Waals surface area contributed by atoms with Crippen molar-refractivity contribution in [3.63, 3.8) is 0 Å². The zero-order valence-corrected chi connectivity index (χ0v) is 16.9. The van der Waals surface area contributed by atoms with Gasteiger partial charge < -0.3 is 15.5 Å². The van der Waals surface area contributed by atoms with E-state index in [9.17, 15) is 9.59 Å². The van der Waals surface area contributed by atoms with Crippen LogP contribution in [0.2, 0.25) is 0 Å². The average Bonchev–Trinajstić information content (AvgIpc) is 3.12. The number of likely N-dealkylation sites (tertiary alicyclic amines) is 1. The minimum absolute atomic E-state index is 0.0278. The lowest BCUT2D eigenvalue weighted by Crippen LogP contribution is -2.52. The lowest BCUT2D eigenvalue weighted by molar-refractivity contribution is -0.138. The summed E-state index contributed by atoms with van der Waals surface area (Å²) in [6, 6.07) is 8.18. The van der Waals surface area contributed by atoms with E-state index in [1.54, 1.807) is 6.92 Å². The first kappa shape index (κ1) is 19.9. The number of fused-ring (bicyclic) bond motifs is 1. The molecular weight excluding hydrogens is 338 g/mol. The molecule has 148 valence electrons. The Labute approximate surface area is 162 Å². The van der Waals surface area contributed by atoms with Crippen LogP contribution in [0.15, 0.2) is 24.3 Å². The largest absolute Gasteiger partial charge is 0.337 e. The molecule has 0 radical (unpaired) electrons. The summed E-state index contributed by atoms with van der Waals surface area (Å²) in [5.41, 5.74) is 8.75. The number of nitrogens with two attached hydrogens (primary N) is 1. The van der Waals surface area contributed by atoms with Crippen molar-refractivity contribution in [2.24, 2.45) is 11.7 Å². The molecule has 27 heavy (non-hydrogen) atoms.